The van der Waals surface area contributed by atoms with Crippen LogP contribution in [0.15, 0.2) is 48.5 Å². The molecule has 0 aliphatic heterocycles. The van der Waals surface area contributed by atoms with E-state index in [1.165, 1.54) is 5.56 Å². The van der Waals surface area contributed by atoms with Gasteiger partial charge in [0.25, 0.3) is 0 Å². The highest BCUT2D eigenvalue weighted by Gasteiger charge is 2.25. The molecule has 2 aromatic carbocycles. The Morgan fingerprint density at radius 1 is 1.00 bits per heavy atom. The maximum Gasteiger partial charge on any atom is 0.242 e. The normalized spacial score (nSPS) is 11.7. The van der Waals surface area contributed by atoms with Gasteiger partial charge in [-0.25, -0.2) is 0 Å². The number of nitrogens with one attached hydrogen (secondary N) is 1. The first-order chi connectivity index (χ1) is 13.4. The van der Waals surface area contributed by atoms with Gasteiger partial charge in [0.05, 0.1) is 0 Å². The van der Waals surface area contributed by atoms with E-state index in [0.29, 0.717) is 25.9 Å². The molecule has 2 aromatic rings. The Balaban J connectivity index is 2.11. The van der Waals surface area contributed by atoms with Crippen LogP contribution in [0.4, 0.5) is 0 Å². The zero-order valence-electron chi connectivity index (χ0n) is 17.5. The third kappa shape index (κ3) is 6.22. The van der Waals surface area contributed by atoms with Gasteiger partial charge in [0.1, 0.15) is 6.04 Å². The summed E-state index contributed by atoms with van der Waals surface area (Å²) in [6.45, 7) is 8.84. The van der Waals surface area contributed by atoms with Crippen molar-refractivity contribution in [2.45, 2.75) is 59.5 Å². The van der Waals surface area contributed by atoms with Crippen LogP contribution in [0.25, 0.3) is 0 Å². The molecule has 150 valence electrons. The van der Waals surface area contributed by atoms with Gasteiger partial charge in [-0.3, -0.25) is 9.59 Å². The summed E-state index contributed by atoms with van der Waals surface area (Å²) in [7, 11) is 0. The van der Waals surface area contributed by atoms with Crippen molar-refractivity contribution in [3.8, 4) is 0 Å². The summed E-state index contributed by atoms with van der Waals surface area (Å²) >= 11 is 0. The minimum atomic E-state index is -0.504. The molecule has 0 saturated heterocycles. The Kier molecular flexibility index (Phi) is 8.24. The summed E-state index contributed by atoms with van der Waals surface area (Å²) in [4.78, 5) is 27.1. The molecule has 0 aliphatic carbocycles. The van der Waals surface area contributed by atoms with E-state index >= 15 is 0 Å². The number of hydrogen-bond acceptors (Lipinski definition) is 2. The van der Waals surface area contributed by atoms with Crippen LogP contribution < -0.4 is 5.32 Å². The number of amides is 2. The number of rotatable bonds is 9. The molecule has 0 fully saturated rings. The van der Waals surface area contributed by atoms with E-state index in [9.17, 15) is 9.59 Å². The second-order valence-electron chi connectivity index (χ2n) is 7.25. The molecule has 1 N–H and O–H groups in total. The molecule has 0 heterocycles. The van der Waals surface area contributed by atoms with Gasteiger partial charge >= 0.3 is 0 Å². The lowest BCUT2D eigenvalue weighted by atomic mass is 10.0. The van der Waals surface area contributed by atoms with Crippen molar-refractivity contribution in [2.24, 2.45) is 0 Å². The number of carbonyl (C=O) groups is 2. The quantitative estimate of drug-likeness (QED) is 0.714. The maximum atomic E-state index is 13.0. The fourth-order valence-corrected chi connectivity index (χ4v) is 3.25. The van der Waals surface area contributed by atoms with Crippen LogP contribution in [0, 0.1) is 6.92 Å². The molecule has 1 atom stereocenters. The molecular weight excluding hydrogens is 348 g/mol. The Hall–Kier alpha value is -2.62. The van der Waals surface area contributed by atoms with Crippen molar-refractivity contribution < 1.29 is 9.59 Å². The van der Waals surface area contributed by atoms with Gasteiger partial charge in [-0.2, -0.15) is 0 Å². The second-order valence-corrected chi connectivity index (χ2v) is 7.25. The van der Waals surface area contributed by atoms with Crippen LogP contribution >= 0.6 is 0 Å². The predicted molar refractivity (Wildman–Crippen MR) is 114 cm³/mol. The van der Waals surface area contributed by atoms with Gasteiger partial charge in [-0.05, 0) is 50.3 Å². The Morgan fingerprint density at radius 3 is 2.29 bits per heavy atom. The fourth-order valence-electron chi connectivity index (χ4n) is 3.25. The second kappa shape index (κ2) is 10.6. The zero-order chi connectivity index (χ0) is 20.5. The van der Waals surface area contributed by atoms with Crippen molar-refractivity contribution >= 4 is 11.8 Å². The van der Waals surface area contributed by atoms with Crippen molar-refractivity contribution in [1.29, 1.82) is 0 Å². The largest absolute Gasteiger partial charge is 0.355 e. The number of likely N-dealkylation sites (N-methyl/N-ethyl adjacent to an activating group) is 1. The summed E-state index contributed by atoms with van der Waals surface area (Å²) in [5.74, 6) is -0.115. The number of aryl methyl sites for hydroxylation is 3. The van der Waals surface area contributed by atoms with Crippen molar-refractivity contribution in [3.63, 3.8) is 0 Å². The molecule has 4 nitrogen and oxygen atoms in total. The summed E-state index contributed by atoms with van der Waals surface area (Å²) in [6, 6.07) is 16.0. The first-order valence-corrected chi connectivity index (χ1v) is 10.1. The third-order valence-corrected chi connectivity index (χ3v) is 5.01. The summed E-state index contributed by atoms with van der Waals surface area (Å²) < 4.78 is 0. The molecule has 0 bridgehead atoms. The Morgan fingerprint density at radius 2 is 1.68 bits per heavy atom. The van der Waals surface area contributed by atoms with Crippen molar-refractivity contribution in [1.82, 2.24) is 10.2 Å². The lowest BCUT2D eigenvalue weighted by Crippen LogP contribution is -2.47. The van der Waals surface area contributed by atoms with Gasteiger partial charge in [-0.1, -0.05) is 61.0 Å². The van der Waals surface area contributed by atoms with Crippen LogP contribution in [-0.4, -0.2) is 29.3 Å². The van der Waals surface area contributed by atoms with Crippen molar-refractivity contribution in [2.75, 3.05) is 6.54 Å². The predicted octanol–water partition coefficient (Wildman–Crippen LogP) is 4.04. The molecule has 0 radical (unpaired) electrons. The van der Waals surface area contributed by atoms with E-state index in [0.717, 1.165) is 23.1 Å². The van der Waals surface area contributed by atoms with Gasteiger partial charge in [-0.15, -0.1) is 0 Å². The number of carbonyl (C=O) groups excluding carboxylic acids is 2. The minimum absolute atomic E-state index is 0.000160. The first kappa shape index (κ1) is 21.7. The third-order valence-electron chi connectivity index (χ3n) is 5.01. The molecule has 28 heavy (non-hydrogen) atoms. The molecule has 0 aromatic heterocycles. The summed E-state index contributed by atoms with van der Waals surface area (Å²) in [5.41, 5.74) is 4.62. The SMILES string of the molecule is CCNC(=O)[C@@H](C)N(Cc1cccc(C)c1)C(=O)CCc1ccc(CC)cc1. The smallest absolute Gasteiger partial charge is 0.242 e. The van der Waals surface area contributed by atoms with E-state index in [4.69, 9.17) is 0 Å². The van der Waals surface area contributed by atoms with E-state index in [1.807, 2.05) is 32.0 Å². The minimum Gasteiger partial charge on any atom is -0.355 e. The number of nitrogens with zero attached hydrogens (tertiary/aromatic N) is 1. The van der Waals surface area contributed by atoms with E-state index in [-0.39, 0.29) is 11.8 Å². The highest BCUT2D eigenvalue weighted by atomic mass is 16.2. The molecule has 2 amide bonds. The standard InChI is InChI=1S/C24H32N2O2/c1-5-20-10-12-21(13-11-20)14-15-23(27)26(19(4)24(28)25-6-2)17-22-9-7-8-18(3)16-22/h7-13,16,19H,5-6,14-15,17H2,1-4H3,(H,25,28)/t19-/m1/s1. The van der Waals surface area contributed by atoms with Crippen LogP contribution in [0.5, 0.6) is 0 Å². The topological polar surface area (TPSA) is 49.4 Å². The fraction of sp³-hybridized carbons (Fsp3) is 0.417. The van der Waals surface area contributed by atoms with Crippen LogP contribution in [0.3, 0.4) is 0 Å². The van der Waals surface area contributed by atoms with Gasteiger partial charge in [0.15, 0.2) is 0 Å². The molecule has 0 spiro atoms. The monoisotopic (exact) mass is 380 g/mol. The molecule has 2 rings (SSSR count). The highest BCUT2D eigenvalue weighted by Crippen LogP contribution is 2.14. The lowest BCUT2D eigenvalue weighted by molar-refractivity contribution is -0.140. The van der Waals surface area contributed by atoms with Gasteiger partial charge in [0, 0.05) is 19.5 Å². The van der Waals surface area contributed by atoms with Gasteiger partial charge in [0.2, 0.25) is 11.8 Å². The average Bonchev–Trinajstić information content (AvgIpc) is 2.70. The highest BCUT2D eigenvalue weighted by molar-refractivity contribution is 5.87. The van der Waals surface area contributed by atoms with Gasteiger partial charge < -0.3 is 10.2 Å². The van der Waals surface area contributed by atoms with E-state index in [2.05, 4.69) is 42.6 Å². The van der Waals surface area contributed by atoms with Crippen molar-refractivity contribution in [3.05, 3.63) is 70.8 Å². The first-order valence-electron chi connectivity index (χ1n) is 10.1. The molecule has 4 heteroatoms. The molecule has 0 aliphatic rings. The summed E-state index contributed by atoms with van der Waals surface area (Å²) in [6.07, 6.45) is 2.07. The van der Waals surface area contributed by atoms with E-state index in [1.54, 1.807) is 11.8 Å². The zero-order valence-corrected chi connectivity index (χ0v) is 17.5. The average molecular weight is 381 g/mol. The van der Waals surface area contributed by atoms with Crippen LogP contribution in [0.2, 0.25) is 0 Å². The molecule has 0 unspecified atom stereocenters. The number of benzene rings is 2. The summed E-state index contributed by atoms with van der Waals surface area (Å²) in [5, 5.41) is 2.83. The van der Waals surface area contributed by atoms with E-state index < -0.39 is 6.04 Å². The lowest BCUT2D eigenvalue weighted by Gasteiger charge is -2.29. The maximum absolute atomic E-state index is 13.0. The number of hydrogen-bond donors (Lipinski definition) is 1. The van der Waals surface area contributed by atoms with Crippen LogP contribution in [-0.2, 0) is 29.0 Å². The molecule has 0 saturated carbocycles. The Labute approximate surface area is 169 Å². The Bertz CT molecular complexity index is 783. The molecular formula is C24H32N2O2. The van der Waals surface area contributed by atoms with Crippen LogP contribution in [0.1, 0.15) is 49.4 Å².